The Morgan fingerprint density at radius 1 is 1.17 bits per heavy atom. The molecule has 2 aromatic heterocycles. The second-order valence-corrected chi connectivity index (χ2v) is 8.52. The number of thioether (sulfide) groups is 1. The Morgan fingerprint density at radius 3 is 2.63 bits per heavy atom. The molecule has 0 radical (unpaired) electrons. The molecule has 30 heavy (non-hydrogen) atoms. The number of nitrogens with one attached hydrogen (secondary N) is 1. The summed E-state index contributed by atoms with van der Waals surface area (Å²) in [4.78, 5) is 13.5. The number of fused-ring (bicyclic) bond motifs is 1. The first kappa shape index (κ1) is 20.3. The Kier molecular flexibility index (Phi) is 5.68. The maximum atomic E-state index is 12.3. The minimum atomic E-state index is -0.153. The van der Waals surface area contributed by atoms with Crippen molar-refractivity contribution in [3.8, 4) is 11.3 Å². The predicted octanol–water partition coefficient (Wildman–Crippen LogP) is 5.51. The molecule has 0 spiro atoms. The standard InChI is InChI=1S/C24H25N3O2S/c1-15(2)25-24(28)21-10-16(3)27(26-21)14-19-12-20(30-4)11-18-13-22(29-23(18)19)17-8-6-5-7-9-17/h5-13,15H,14H2,1-4H3,(H,25,28). The van der Waals surface area contributed by atoms with Crippen molar-refractivity contribution in [3.05, 3.63) is 71.5 Å². The van der Waals surface area contributed by atoms with Crippen LogP contribution in [0.15, 0.2) is 63.9 Å². The third-order valence-corrected chi connectivity index (χ3v) is 5.62. The van der Waals surface area contributed by atoms with E-state index in [2.05, 4.69) is 34.9 Å². The number of aromatic nitrogens is 2. The highest BCUT2D eigenvalue weighted by Crippen LogP contribution is 2.33. The summed E-state index contributed by atoms with van der Waals surface area (Å²) in [5, 5.41) is 8.51. The Hall–Kier alpha value is -2.99. The molecule has 0 fully saturated rings. The monoisotopic (exact) mass is 419 g/mol. The van der Waals surface area contributed by atoms with E-state index in [9.17, 15) is 4.79 Å². The quantitative estimate of drug-likeness (QED) is 0.419. The number of benzene rings is 2. The van der Waals surface area contributed by atoms with E-state index in [4.69, 9.17) is 4.42 Å². The summed E-state index contributed by atoms with van der Waals surface area (Å²) in [6.45, 7) is 6.38. The zero-order valence-electron chi connectivity index (χ0n) is 17.6. The molecule has 0 unspecified atom stereocenters. The summed E-state index contributed by atoms with van der Waals surface area (Å²) in [5.74, 6) is 0.693. The van der Waals surface area contributed by atoms with Crippen LogP contribution in [0.3, 0.4) is 0 Å². The van der Waals surface area contributed by atoms with Crippen LogP contribution in [0, 0.1) is 6.92 Å². The maximum Gasteiger partial charge on any atom is 0.271 e. The van der Waals surface area contributed by atoms with Gasteiger partial charge in [0.2, 0.25) is 0 Å². The molecule has 154 valence electrons. The molecule has 0 aliphatic rings. The Labute approximate surface area is 180 Å². The van der Waals surface area contributed by atoms with E-state index in [1.54, 1.807) is 11.8 Å². The van der Waals surface area contributed by atoms with Crippen molar-refractivity contribution < 1.29 is 9.21 Å². The predicted molar refractivity (Wildman–Crippen MR) is 122 cm³/mol. The number of amides is 1. The molecular formula is C24H25N3O2S. The molecule has 1 N–H and O–H groups in total. The van der Waals surface area contributed by atoms with Crippen LogP contribution < -0.4 is 5.32 Å². The second-order valence-electron chi connectivity index (χ2n) is 7.64. The Bertz CT molecular complexity index is 1190. The first-order chi connectivity index (χ1) is 14.4. The summed E-state index contributed by atoms with van der Waals surface area (Å²) >= 11 is 1.70. The lowest BCUT2D eigenvalue weighted by Gasteiger charge is -2.08. The van der Waals surface area contributed by atoms with Crippen molar-refractivity contribution in [1.29, 1.82) is 0 Å². The van der Waals surface area contributed by atoms with Crippen LogP contribution in [0.1, 0.15) is 35.6 Å². The second kappa shape index (κ2) is 8.40. The SMILES string of the molecule is CSc1cc(Cn2nc(C(=O)NC(C)C)cc2C)c2oc(-c3ccccc3)cc2c1. The summed E-state index contributed by atoms with van der Waals surface area (Å²) in [6.07, 6.45) is 2.07. The van der Waals surface area contributed by atoms with E-state index in [1.807, 2.05) is 61.9 Å². The Morgan fingerprint density at radius 2 is 1.93 bits per heavy atom. The van der Waals surface area contributed by atoms with E-state index < -0.39 is 0 Å². The van der Waals surface area contributed by atoms with Crippen LogP contribution in [-0.4, -0.2) is 28.0 Å². The summed E-state index contributed by atoms with van der Waals surface area (Å²) in [5.41, 5.74) is 4.31. The van der Waals surface area contributed by atoms with Crippen molar-refractivity contribution >= 4 is 28.6 Å². The van der Waals surface area contributed by atoms with Gasteiger partial charge in [-0.3, -0.25) is 9.48 Å². The van der Waals surface area contributed by atoms with Gasteiger partial charge in [-0.1, -0.05) is 30.3 Å². The minimum Gasteiger partial charge on any atom is -0.456 e. The highest BCUT2D eigenvalue weighted by atomic mass is 32.2. The van der Waals surface area contributed by atoms with E-state index in [-0.39, 0.29) is 11.9 Å². The molecule has 2 heterocycles. The van der Waals surface area contributed by atoms with Gasteiger partial charge in [-0.05, 0) is 51.3 Å². The molecule has 0 bridgehead atoms. The first-order valence-corrected chi connectivity index (χ1v) is 11.2. The van der Waals surface area contributed by atoms with Crippen molar-refractivity contribution in [2.45, 2.75) is 38.3 Å². The molecule has 5 nitrogen and oxygen atoms in total. The molecule has 0 aliphatic carbocycles. The molecule has 4 rings (SSSR count). The van der Waals surface area contributed by atoms with Gasteiger partial charge in [0, 0.05) is 33.1 Å². The van der Waals surface area contributed by atoms with E-state index in [0.717, 1.165) is 33.6 Å². The van der Waals surface area contributed by atoms with Crippen LogP contribution in [0.25, 0.3) is 22.3 Å². The lowest BCUT2D eigenvalue weighted by Crippen LogP contribution is -2.30. The van der Waals surface area contributed by atoms with Crippen molar-refractivity contribution in [2.75, 3.05) is 6.26 Å². The fourth-order valence-electron chi connectivity index (χ4n) is 3.45. The highest BCUT2D eigenvalue weighted by molar-refractivity contribution is 7.98. The van der Waals surface area contributed by atoms with Crippen LogP contribution in [0.5, 0.6) is 0 Å². The van der Waals surface area contributed by atoms with Gasteiger partial charge >= 0.3 is 0 Å². The highest BCUT2D eigenvalue weighted by Gasteiger charge is 2.16. The number of nitrogens with zero attached hydrogens (tertiary/aromatic N) is 2. The van der Waals surface area contributed by atoms with Gasteiger partial charge in [0.25, 0.3) is 5.91 Å². The molecule has 2 aromatic carbocycles. The molecule has 0 saturated carbocycles. The number of furan rings is 1. The molecule has 1 amide bonds. The smallest absolute Gasteiger partial charge is 0.271 e. The molecule has 4 aromatic rings. The largest absolute Gasteiger partial charge is 0.456 e. The van der Waals surface area contributed by atoms with Gasteiger partial charge in [-0.2, -0.15) is 5.10 Å². The van der Waals surface area contributed by atoms with Crippen LogP contribution >= 0.6 is 11.8 Å². The number of rotatable bonds is 6. The Balaban J connectivity index is 1.73. The van der Waals surface area contributed by atoms with Crippen molar-refractivity contribution in [3.63, 3.8) is 0 Å². The number of carbonyl (C=O) groups excluding carboxylic acids is 1. The van der Waals surface area contributed by atoms with Gasteiger partial charge in [0.05, 0.1) is 6.54 Å². The molecule has 6 heteroatoms. The number of hydrogen-bond donors (Lipinski definition) is 1. The van der Waals surface area contributed by atoms with Gasteiger partial charge in [0.15, 0.2) is 0 Å². The molecular weight excluding hydrogens is 394 g/mol. The molecule has 0 aliphatic heterocycles. The number of hydrogen-bond acceptors (Lipinski definition) is 4. The van der Waals surface area contributed by atoms with Crippen LogP contribution in [-0.2, 0) is 6.54 Å². The van der Waals surface area contributed by atoms with Gasteiger partial charge in [-0.15, -0.1) is 11.8 Å². The van der Waals surface area contributed by atoms with E-state index >= 15 is 0 Å². The summed E-state index contributed by atoms with van der Waals surface area (Å²) in [7, 11) is 0. The number of aryl methyl sites for hydroxylation is 1. The first-order valence-electron chi connectivity index (χ1n) is 9.96. The molecule has 0 atom stereocenters. The zero-order chi connectivity index (χ0) is 21.3. The topological polar surface area (TPSA) is 60.1 Å². The van der Waals surface area contributed by atoms with Crippen LogP contribution in [0.2, 0.25) is 0 Å². The van der Waals surface area contributed by atoms with Crippen LogP contribution in [0.4, 0.5) is 0 Å². The fourth-order valence-corrected chi connectivity index (χ4v) is 3.96. The lowest BCUT2D eigenvalue weighted by molar-refractivity contribution is 0.0937. The normalized spacial score (nSPS) is 11.4. The average Bonchev–Trinajstić information content (AvgIpc) is 3.32. The summed E-state index contributed by atoms with van der Waals surface area (Å²) in [6, 6.07) is 18.4. The van der Waals surface area contributed by atoms with Gasteiger partial charge in [0.1, 0.15) is 17.0 Å². The van der Waals surface area contributed by atoms with Crippen molar-refractivity contribution in [1.82, 2.24) is 15.1 Å². The summed E-state index contributed by atoms with van der Waals surface area (Å²) < 4.78 is 8.13. The minimum absolute atomic E-state index is 0.0698. The van der Waals surface area contributed by atoms with E-state index in [0.29, 0.717) is 12.2 Å². The lowest BCUT2D eigenvalue weighted by atomic mass is 10.1. The van der Waals surface area contributed by atoms with E-state index in [1.165, 1.54) is 4.90 Å². The van der Waals surface area contributed by atoms with Gasteiger partial charge in [-0.25, -0.2) is 0 Å². The molecule has 0 saturated heterocycles. The average molecular weight is 420 g/mol. The van der Waals surface area contributed by atoms with Gasteiger partial charge < -0.3 is 9.73 Å². The fraction of sp³-hybridized carbons (Fsp3) is 0.250. The number of carbonyl (C=O) groups is 1. The van der Waals surface area contributed by atoms with Crippen molar-refractivity contribution in [2.24, 2.45) is 0 Å². The third-order valence-electron chi connectivity index (χ3n) is 4.91. The zero-order valence-corrected chi connectivity index (χ0v) is 18.4. The maximum absolute atomic E-state index is 12.3. The third kappa shape index (κ3) is 4.14.